The van der Waals surface area contributed by atoms with Crippen LogP contribution in [-0.2, 0) is 0 Å². The lowest BCUT2D eigenvalue weighted by molar-refractivity contribution is -0.384. The van der Waals surface area contributed by atoms with E-state index in [4.69, 9.17) is 4.74 Å². The SMILES string of the molecule is O=C(NN=Cc1cccc(OC(=O)c2ccc([N+](=O)[O-])cc2)c1)c1ccc(Br)cc1. The number of ether oxygens (including phenoxy) is 1. The molecule has 0 saturated heterocycles. The molecular weight excluding hydrogens is 454 g/mol. The molecule has 1 amide bonds. The Balaban J connectivity index is 1.61. The van der Waals surface area contributed by atoms with E-state index in [-0.39, 0.29) is 22.9 Å². The van der Waals surface area contributed by atoms with Crippen molar-refractivity contribution in [1.82, 2.24) is 5.43 Å². The Morgan fingerprint density at radius 3 is 2.33 bits per heavy atom. The largest absolute Gasteiger partial charge is 0.423 e. The Hall–Kier alpha value is -3.85. The van der Waals surface area contributed by atoms with E-state index in [0.29, 0.717) is 11.1 Å². The van der Waals surface area contributed by atoms with Gasteiger partial charge >= 0.3 is 5.97 Å². The average molecular weight is 468 g/mol. The summed E-state index contributed by atoms with van der Waals surface area (Å²) in [6.45, 7) is 0. The molecule has 0 heterocycles. The van der Waals surface area contributed by atoms with E-state index in [1.54, 1.807) is 48.5 Å². The highest BCUT2D eigenvalue weighted by atomic mass is 79.9. The number of hydrogen-bond donors (Lipinski definition) is 1. The Morgan fingerprint density at radius 2 is 1.67 bits per heavy atom. The molecule has 3 aromatic rings. The fourth-order valence-electron chi connectivity index (χ4n) is 2.37. The molecule has 8 nitrogen and oxygen atoms in total. The molecule has 1 N–H and O–H groups in total. The number of non-ortho nitro benzene ring substituents is 1. The van der Waals surface area contributed by atoms with Crippen LogP contribution in [-0.4, -0.2) is 23.0 Å². The molecular formula is C21H14BrN3O5. The third-order valence-electron chi connectivity index (χ3n) is 3.87. The van der Waals surface area contributed by atoms with Crippen molar-refractivity contribution in [2.75, 3.05) is 0 Å². The summed E-state index contributed by atoms with van der Waals surface area (Å²) in [5.41, 5.74) is 3.54. The van der Waals surface area contributed by atoms with Crippen molar-refractivity contribution in [3.63, 3.8) is 0 Å². The van der Waals surface area contributed by atoms with Crippen molar-refractivity contribution in [3.05, 3.63) is 104 Å². The van der Waals surface area contributed by atoms with Gasteiger partial charge in [-0.2, -0.15) is 5.10 Å². The van der Waals surface area contributed by atoms with Gasteiger partial charge in [0.1, 0.15) is 5.75 Å². The Labute approximate surface area is 179 Å². The number of nitrogens with zero attached hydrogens (tertiary/aromatic N) is 2. The Kier molecular flexibility index (Phi) is 6.66. The van der Waals surface area contributed by atoms with E-state index < -0.39 is 10.9 Å². The summed E-state index contributed by atoms with van der Waals surface area (Å²) >= 11 is 3.30. The molecule has 0 fully saturated rings. The Bertz CT molecular complexity index is 1110. The van der Waals surface area contributed by atoms with Crippen LogP contribution in [0.25, 0.3) is 0 Å². The maximum absolute atomic E-state index is 12.2. The molecule has 30 heavy (non-hydrogen) atoms. The number of nitro benzene ring substituents is 1. The summed E-state index contributed by atoms with van der Waals surface area (Å²) in [7, 11) is 0. The summed E-state index contributed by atoms with van der Waals surface area (Å²) in [4.78, 5) is 34.4. The number of rotatable bonds is 6. The van der Waals surface area contributed by atoms with Gasteiger partial charge < -0.3 is 4.74 Å². The number of amides is 1. The summed E-state index contributed by atoms with van der Waals surface area (Å²) in [6.07, 6.45) is 1.42. The van der Waals surface area contributed by atoms with Crippen LogP contribution < -0.4 is 10.2 Å². The van der Waals surface area contributed by atoms with E-state index in [9.17, 15) is 19.7 Å². The van der Waals surface area contributed by atoms with Crippen molar-refractivity contribution < 1.29 is 19.2 Å². The fraction of sp³-hybridized carbons (Fsp3) is 0. The second-order valence-corrected chi connectivity index (χ2v) is 6.89. The minimum atomic E-state index is -0.650. The predicted molar refractivity (Wildman–Crippen MR) is 114 cm³/mol. The molecule has 0 aliphatic rings. The third kappa shape index (κ3) is 5.58. The van der Waals surface area contributed by atoms with Crippen molar-refractivity contribution in [2.45, 2.75) is 0 Å². The van der Waals surface area contributed by atoms with Gasteiger partial charge in [0, 0.05) is 22.2 Å². The predicted octanol–water partition coefficient (Wildman–Crippen LogP) is 4.34. The maximum Gasteiger partial charge on any atom is 0.343 e. The lowest BCUT2D eigenvalue weighted by Gasteiger charge is -2.05. The normalized spacial score (nSPS) is 10.6. The monoisotopic (exact) mass is 467 g/mol. The molecule has 3 rings (SSSR count). The first-order chi connectivity index (χ1) is 14.4. The number of hydrazone groups is 1. The van der Waals surface area contributed by atoms with Crippen LogP contribution in [0.1, 0.15) is 26.3 Å². The number of nitrogens with one attached hydrogen (secondary N) is 1. The fourth-order valence-corrected chi connectivity index (χ4v) is 2.64. The number of esters is 1. The van der Waals surface area contributed by atoms with Crippen molar-refractivity contribution in [3.8, 4) is 5.75 Å². The first kappa shape index (κ1) is 20.9. The van der Waals surface area contributed by atoms with Crippen LogP contribution in [0.5, 0.6) is 5.75 Å². The molecule has 150 valence electrons. The maximum atomic E-state index is 12.2. The van der Waals surface area contributed by atoms with E-state index in [2.05, 4.69) is 26.5 Å². The molecule has 0 bridgehead atoms. The number of benzene rings is 3. The molecule has 0 aromatic heterocycles. The number of hydrogen-bond acceptors (Lipinski definition) is 6. The zero-order chi connectivity index (χ0) is 21.5. The van der Waals surface area contributed by atoms with Gasteiger partial charge in [0.25, 0.3) is 11.6 Å². The molecule has 0 saturated carbocycles. The quantitative estimate of drug-likeness (QED) is 0.190. The summed E-state index contributed by atoms with van der Waals surface area (Å²) in [5.74, 6) is -0.747. The van der Waals surface area contributed by atoms with E-state index in [1.165, 1.54) is 30.5 Å². The second kappa shape index (κ2) is 9.57. The van der Waals surface area contributed by atoms with Crippen LogP contribution in [0.3, 0.4) is 0 Å². The van der Waals surface area contributed by atoms with Crippen molar-refractivity contribution >= 4 is 39.7 Å². The average Bonchev–Trinajstić information content (AvgIpc) is 2.74. The molecule has 3 aromatic carbocycles. The first-order valence-corrected chi connectivity index (χ1v) is 9.37. The highest BCUT2D eigenvalue weighted by Crippen LogP contribution is 2.17. The van der Waals surface area contributed by atoms with Gasteiger partial charge in [0.2, 0.25) is 0 Å². The molecule has 0 aliphatic carbocycles. The first-order valence-electron chi connectivity index (χ1n) is 8.58. The Morgan fingerprint density at radius 1 is 1.00 bits per heavy atom. The highest BCUT2D eigenvalue weighted by Gasteiger charge is 2.11. The van der Waals surface area contributed by atoms with Crippen LogP contribution in [0.2, 0.25) is 0 Å². The van der Waals surface area contributed by atoms with Crippen LogP contribution in [0, 0.1) is 10.1 Å². The molecule has 0 aliphatic heterocycles. The number of nitro groups is 1. The molecule has 0 spiro atoms. The zero-order valence-corrected chi connectivity index (χ0v) is 16.9. The topological polar surface area (TPSA) is 111 Å². The van der Waals surface area contributed by atoms with Gasteiger partial charge in [-0.1, -0.05) is 28.1 Å². The van der Waals surface area contributed by atoms with Gasteiger partial charge in [0.15, 0.2) is 0 Å². The van der Waals surface area contributed by atoms with Gasteiger partial charge in [0.05, 0.1) is 16.7 Å². The van der Waals surface area contributed by atoms with Crippen LogP contribution in [0.4, 0.5) is 5.69 Å². The van der Waals surface area contributed by atoms with Crippen molar-refractivity contribution in [2.24, 2.45) is 5.10 Å². The lowest BCUT2D eigenvalue weighted by Crippen LogP contribution is -2.17. The second-order valence-electron chi connectivity index (χ2n) is 5.97. The number of carbonyl (C=O) groups excluding carboxylic acids is 2. The molecule has 0 atom stereocenters. The van der Waals surface area contributed by atoms with E-state index in [1.807, 2.05) is 0 Å². The van der Waals surface area contributed by atoms with Gasteiger partial charge in [-0.25, -0.2) is 10.2 Å². The van der Waals surface area contributed by atoms with Gasteiger partial charge in [-0.3, -0.25) is 14.9 Å². The lowest BCUT2D eigenvalue weighted by atomic mass is 10.2. The molecule has 0 radical (unpaired) electrons. The van der Waals surface area contributed by atoms with Gasteiger partial charge in [-0.15, -0.1) is 0 Å². The van der Waals surface area contributed by atoms with E-state index in [0.717, 1.165) is 4.47 Å². The number of halogens is 1. The summed E-state index contributed by atoms with van der Waals surface area (Å²) in [6, 6.07) is 18.5. The number of carbonyl (C=O) groups is 2. The van der Waals surface area contributed by atoms with Crippen LogP contribution in [0.15, 0.2) is 82.4 Å². The zero-order valence-electron chi connectivity index (χ0n) is 15.3. The highest BCUT2D eigenvalue weighted by molar-refractivity contribution is 9.10. The summed E-state index contributed by atoms with van der Waals surface area (Å²) < 4.78 is 6.15. The smallest absolute Gasteiger partial charge is 0.343 e. The molecule has 9 heteroatoms. The van der Waals surface area contributed by atoms with Gasteiger partial charge in [-0.05, 0) is 54.1 Å². The van der Waals surface area contributed by atoms with E-state index >= 15 is 0 Å². The third-order valence-corrected chi connectivity index (χ3v) is 4.40. The van der Waals surface area contributed by atoms with Crippen LogP contribution >= 0.6 is 15.9 Å². The standard InChI is InChI=1S/C21H14BrN3O5/c22-17-8-4-15(5-9-17)20(26)24-23-13-14-2-1-3-19(12-14)30-21(27)16-6-10-18(11-7-16)25(28)29/h1-13H,(H,24,26). The molecule has 0 unspecified atom stereocenters. The summed E-state index contributed by atoms with van der Waals surface area (Å²) in [5, 5.41) is 14.6. The minimum absolute atomic E-state index is 0.116. The van der Waals surface area contributed by atoms with Crippen molar-refractivity contribution in [1.29, 1.82) is 0 Å². The minimum Gasteiger partial charge on any atom is -0.423 e.